The highest BCUT2D eigenvalue weighted by Gasteiger charge is 2.16. The van der Waals surface area contributed by atoms with Crippen molar-refractivity contribution in [1.82, 2.24) is 4.98 Å². The molecular weight excluding hydrogens is 214 g/mol. The molecule has 0 radical (unpaired) electrons. The van der Waals surface area contributed by atoms with Crippen molar-refractivity contribution in [2.24, 2.45) is 0 Å². The van der Waals surface area contributed by atoms with Gasteiger partial charge in [0.15, 0.2) is 6.10 Å². The first-order chi connectivity index (χ1) is 8.27. The molecule has 2 aromatic rings. The lowest BCUT2D eigenvalue weighted by atomic mass is 10.0. The van der Waals surface area contributed by atoms with E-state index in [4.69, 9.17) is 4.74 Å². The molecule has 0 fully saturated rings. The number of esters is 1. The van der Waals surface area contributed by atoms with Crippen LogP contribution in [0.3, 0.4) is 0 Å². The largest absolute Gasteiger partial charge is 0.453 e. The number of hydrogen-bond donors (Lipinski definition) is 0. The average Bonchev–Trinajstić information content (AvgIpc) is 2.38. The van der Waals surface area contributed by atoms with Gasteiger partial charge in [0.1, 0.15) is 0 Å². The van der Waals surface area contributed by atoms with Gasteiger partial charge in [0.2, 0.25) is 0 Å². The molecule has 0 bridgehead atoms. The quantitative estimate of drug-likeness (QED) is 0.757. The van der Waals surface area contributed by atoms with Gasteiger partial charge in [0, 0.05) is 24.9 Å². The summed E-state index contributed by atoms with van der Waals surface area (Å²) >= 11 is 0. The fourth-order valence-electron chi connectivity index (χ4n) is 1.65. The molecular formula is C14H13NO2. The van der Waals surface area contributed by atoms with E-state index in [1.807, 2.05) is 42.5 Å². The number of benzene rings is 1. The molecule has 0 saturated carbocycles. The van der Waals surface area contributed by atoms with Crippen LogP contribution in [-0.2, 0) is 9.53 Å². The van der Waals surface area contributed by atoms with Crippen LogP contribution in [0.25, 0.3) is 0 Å². The Balaban J connectivity index is 2.36. The molecule has 0 aliphatic heterocycles. The van der Waals surface area contributed by atoms with Gasteiger partial charge < -0.3 is 4.74 Å². The molecule has 0 N–H and O–H groups in total. The molecule has 17 heavy (non-hydrogen) atoms. The summed E-state index contributed by atoms with van der Waals surface area (Å²) in [7, 11) is 0. The molecule has 0 amide bonds. The van der Waals surface area contributed by atoms with Crippen molar-refractivity contribution < 1.29 is 9.53 Å². The van der Waals surface area contributed by atoms with Gasteiger partial charge in [-0.1, -0.05) is 36.4 Å². The van der Waals surface area contributed by atoms with E-state index in [2.05, 4.69) is 4.98 Å². The number of carbonyl (C=O) groups is 1. The third-order valence-electron chi connectivity index (χ3n) is 2.37. The Morgan fingerprint density at radius 1 is 1.12 bits per heavy atom. The second kappa shape index (κ2) is 5.25. The molecule has 86 valence electrons. The van der Waals surface area contributed by atoms with E-state index in [1.54, 1.807) is 12.4 Å². The summed E-state index contributed by atoms with van der Waals surface area (Å²) in [6.07, 6.45) is 3.02. The smallest absolute Gasteiger partial charge is 0.303 e. The van der Waals surface area contributed by atoms with Gasteiger partial charge in [-0.15, -0.1) is 0 Å². The normalized spacial score (nSPS) is 11.8. The zero-order valence-corrected chi connectivity index (χ0v) is 9.54. The second-order valence-electron chi connectivity index (χ2n) is 3.69. The second-order valence-corrected chi connectivity index (χ2v) is 3.69. The number of hydrogen-bond acceptors (Lipinski definition) is 3. The lowest BCUT2D eigenvalue weighted by molar-refractivity contribution is -0.144. The van der Waals surface area contributed by atoms with E-state index in [0.29, 0.717) is 0 Å². The van der Waals surface area contributed by atoms with Crippen molar-refractivity contribution in [2.75, 3.05) is 0 Å². The minimum absolute atomic E-state index is 0.303. The Bertz CT molecular complexity index is 443. The fraction of sp³-hybridized carbons (Fsp3) is 0.143. The van der Waals surface area contributed by atoms with Crippen LogP contribution in [0, 0.1) is 0 Å². The summed E-state index contributed by atoms with van der Waals surface area (Å²) in [5.41, 5.74) is 1.81. The summed E-state index contributed by atoms with van der Waals surface area (Å²) in [5.74, 6) is -0.303. The lowest BCUT2D eigenvalue weighted by Gasteiger charge is -2.17. The van der Waals surface area contributed by atoms with E-state index >= 15 is 0 Å². The number of carbonyl (C=O) groups excluding carboxylic acids is 1. The predicted molar refractivity (Wildman–Crippen MR) is 64.3 cm³/mol. The SMILES string of the molecule is CC(=O)O[C@@H](c1ccccc1)c1cccnc1. The molecule has 0 aliphatic rings. The number of rotatable bonds is 3. The van der Waals surface area contributed by atoms with Crippen LogP contribution >= 0.6 is 0 Å². The van der Waals surface area contributed by atoms with Crippen molar-refractivity contribution in [3.05, 3.63) is 66.0 Å². The lowest BCUT2D eigenvalue weighted by Crippen LogP contribution is -2.10. The highest BCUT2D eigenvalue weighted by Crippen LogP contribution is 2.25. The van der Waals surface area contributed by atoms with Crippen LogP contribution in [0.15, 0.2) is 54.9 Å². The molecule has 0 aliphatic carbocycles. The molecule has 0 unspecified atom stereocenters. The van der Waals surface area contributed by atoms with Gasteiger partial charge in [0.05, 0.1) is 0 Å². The van der Waals surface area contributed by atoms with E-state index in [1.165, 1.54) is 6.92 Å². The Hall–Kier alpha value is -2.16. The van der Waals surface area contributed by atoms with E-state index < -0.39 is 0 Å². The molecule has 3 heteroatoms. The highest BCUT2D eigenvalue weighted by atomic mass is 16.5. The van der Waals surface area contributed by atoms with Crippen molar-refractivity contribution in [3.63, 3.8) is 0 Å². The Labute approximate surface area is 100 Å². The third kappa shape index (κ3) is 2.91. The average molecular weight is 227 g/mol. The monoisotopic (exact) mass is 227 g/mol. The van der Waals surface area contributed by atoms with Crippen LogP contribution in [0.4, 0.5) is 0 Å². The van der Waals surface area contributed by atoms with Gasteiger partial charge >= 0.3 is 5.97 Å². The summed E-state index contributed by atoms with van der Waals surface area (Å²) in [4.78, 5) is 15.2. The van der Waals surface area contributed by atoms with Gasteiger partial charge in [-0.3, -0.25) is 9.78 Å². The first-order valence-corrected chi connectivity index (χ1v) is 5.39. The number of nitrogens with zero attached hydrogens (tertiary/aromatic N) is 1. The summed E-state index contributed by atoms with van der Waals surface area (Å²) in [5, 5.41) is 0. The highest BCUT2D eigenvalue weighted by molar-refractivity contribution is 5.66. The standard InChI is InChI=1S/C14H13NO2/c1-11(16)17-14(12-6-3-2-4-7-12)13-8-5-9-15-10-13/h2-10,14H,1H3/t14-/m0/s1. The molecule has 2 rings (SSSR count). The maximum absolute atomic E-state index is 11.2. The molecule has 3 nitrogen and oxygen atoms in total. The number of aromatic nitrogens is 1. The summed E-state index contributed by atoms with van der Waals surface area (Å²) in [6.45, 7) is 1.41. The van der Waals surface area contributed by atoms with Crippen molar-refractivity contribution in [1.29, 1.82) is 0 Å². The van der Waals surface area contributed by atoms with Gasteiger partial charge in [-0.2, -0.15) is 0 Å². The predicted octanol–water partition coefficient (Wildman–Crippen LogP) is 2.73. The Morgan fingerprint density at radius 2 is 1.82 bits per heavy atom. The van der Waals surface area contributed by atoms with E-state index in [-0.39, 0.29) is 12.1 Å². The molecule has 0 saturated heterocycles. The minimum Gasteiger partial charge on any atom is -0.453 e. The van der Waals surface area contributed by atoms with Crippen LogP contribution < -0.4 is 0 Å². The maximum Gasteiger partial charge on any atom is 0.303 e. The Morgan fingerprint density at radius 3 is 2.41 bits per heavy atom. The zero-order chi connectivity index (χ0) is 12.1. The van der Waals surface area contributed by atoms with E-state index in [0.717, 1.165) is 11.1 Å². The van der Waals surface area contributed by atoms with Crippen molar-refractivity contribution in [3.8, 4) is 0 Å². The first-order valence-electron chi connectivity index (χ1n) is 5.39. The van der Waals surface area contributed by atoms with Crippen molar-refractivity contribution >= 4 is 5.97 Å². The topological polar surface area (TPSA) is 39.2 Å². The van der Waals surface area contributed by atoms with Gasteiger partial charge in [0.25, 0.3) is 0 Å². The molecule has 0 spiro atoms. The third-order valence-corrected chi connectivity index (χ3v) is 2.37. The molecule has 1 atom stereocenters. The van der Waals surface area contributed by atoms with Crippen LogP contribution in [0.2, 0.25) is 0 Å². The number of pyridine rings is 1. The van der Waals surface area contributed by atoms with E-state index in [9.17, 15) is 4.79 Å². The van der Waals surface area contributed by atoms with Gasteiger partial charge in [-0.25, -0.2) is 0 Å². The minimum atomic E-state index is -0.387. The van der Waals surface area contributed by atoms with Crippen LogP contribution in [0.1, 0.15) is 24.2 Å². The summed E-state index contributed by atoms with van der Waals surface area (Å²) < 4.78 is 5.34. The molecule has 1 aromatic heterocycles. The molecule has 1 heterocycles. The van der Waals surface area contributed by atoms with Crippen molar-refractivity contribution in [2.45, 2.75) is 13.0 Å². The summed E-state index contributed by atoms with van der Waals surface area (Å²) in [6, 6.07) is 13.4. The fourth-order valence-corrected chi connectivity index (χ4v) is 1.65. The van der Waals surface area contributed by atoms with Gasteiger partial charge in [-0.05, 0) is 11.6 Å². The van der Waals surface area contributed by atoms with Crippen LogP contribution in [-0.4, -0.2) is 11.0 Å². The maximum atomic E-state index is 11.2. The number of ether oxygens (including phenoxy) is 1. The first kappa shape index (κ1) is 11.3. The Kier molecular flexibility index (Phi) is 3.50. The molecule has 1 aromatic carbocycles. The van der Waals surface area contributed by atoms with Crippen LogP contribution in [0.5, 0.6) is 0 Å². The zero-order valence-electron chi connectivity index (χ0n) is 9.54.